The molecule has 0 bridgehead atoms. The van der Waals surface area contributed by atoms with Crippen molar-refractivity contribution in [3.05, 3.63) is 59.4 Å². The number of hydrogen-bond donors (Lipinski definition) is 3. The van der Waals surface area contributed by atoms with Crippen LogP contribution in [0, 0.1) is 18.7 Å². The highest BCUT2D eigenvalue weighted by Crippen LogP contribution is 2.25. The van der Waals surface area contributed by atoms with Crippen LogP contribution in [0.15, 0.2) is 42.5 Å². The van der Waals surface area contributed by atoms with Gasteiger partial charge in [0.2, 0.25) is 0 Å². The number of β-amino-alcohol motifs (C(OH)–C–C–N with tert-alkyl or cyclic N) is 1. The Morgan fingerprint density at radius 2 is 2.07 bits per heavy atom. The van der Waals surface area contributed by atoms with E-state index < -0.39 is 11.7 Å². The molecule has 0 saturated carbocycles. The molecular weight excluding hydrogens is 389 g/mol. The Morgan fingerprint density at radius 1 is 1.28 bits per heavy atom. The molecule has 2 aromatic rings. The summed E-state index contributed by atoms with van der Waals surface area (Å²) in [6.07, 6.45) is 2.26. The number of nitrogens with one attached hydrogen (secondary N) is 2. The second kappa shape index (κ2) is 10.7. The molecule has 1 atom stereocenters. The van der Waals surface area contributed by atoms with Gasteiger partial charge >= 0.3 is 0 Å². The van der Waals surface area contributed by atoms with Gasteiger partial charge in [0, 0.05) is 18.8 Å². The molecule has 1 heterocycles. The molecule has 1 amide bonds. The lowest BCUT2D eigenvalue weighted by Crippen LogP contribution is -2.39. The highest BCUT2D eigenvalue weighted by atomic mass is 32.2. The van der Waals surface area contributed by atoms with Crippen LogP contribution in [-0.4, -0.2) is 47.9 Å². The second-order valence-corrected chi connectivity index (χ2v) is 8.25. The van der Waals surface area contributed by atoms with Gasteiger partial charge in [0.15, 0.2) is 0 Å². The Kier molecular flexibility index (Phi) is 8.06. The highest BCUT2D eigenvalue weighted by molar-refractivity contribution is 7.97. The minimum atomic E-state index is -0.499. The SMILES string of the molecule is Cc1cc(-c2ccccc2)cc(C(=O)NNSCC2CCCN(CCO)C2)c1F. The molecule has 1 saturated heterocycles. The Balaban J connectivity index is 1.55. The van der Waals surface area contributed by atoms with Gasteiger partial charge in [0.25, 0.3) is 5.91 Å². The number of rotatable bonds is 8. The summed E-state index contributed by atoms with van der Waals surface area (Å²) in [5, 5.41) is 9.08. The maximum Gasteiger partial charge on any atom is 0.269 e. The molecule has 29 heavy (non-hydrogen) atoms. The fraction of sp³-hybridized carbons (Fsp3) is 0.409. The number of carbonyl (C=O) groups is 1. The number of nitrogens with zero attached hydrogens (tertiary/aromatic N) is 1. The van der Waals surface area contributed by atoms with E-state index in [0.717, 1.165) is 42.8 Å². The fourth-order valence-electron chi connectivity index (χ4n) is 3.67. The maximum atomic E-state index is 14.5. The van der Waals surface area contributed by atoms with Crippen LogP contribution in [-0.2, 0) is 0 Å². The summed E-state index contributed by atoms with van der Waals surface area (Å²) in [5.41, 5.74) is 4.83. The van der Waals surface area contributed by atoms with Gasteiger partial charge in [-0.15, -0.1) is 0 Å². The molecule has 3 rings (SSSR count). The van der Waals surface area contributed by atoms with Crippen molar-refractivity contribution < 1.29 is 14.3 Å². The van der Waals surface area contributed by atoms with E-state index in [1.165, 1.54) is 11.9 Å². The van der Waals surface area contributed by atoms with Gasteiger partial charge in [-0.05, 0) is 61.1 Å². The predicted octanol–water partition coefficient (Wildman–Crippen LogP) is 3.39. The average Bonchev–Trinajstić information content (AvgIpc) is 2.74. The number of benzene rings is 2. The molecule has 0 radical (unpaired) electrons. The third kappa shape index (κ3) is 6.02. The van der Waals surface area contributed by atoms with Gasteiger partial charge in [-0.1, -0.05) is 42.3 Å². The van der Waals surface area contributed by atoms with Crippen molar-refractivity contribution in [1.29, 1.82) is 0 Å². The van der Waals surface area contributed by atoms with Crippen LogP contribution in [0.5, 0.6) is 0 Å². The Bertz CT molecular complexity index is 817. The summed E-state index contributed by atoms with van der Waals surface area (Å²) in [4.78, 5) is 17.7. The summed E-state index contributed by atoms with van der Waals surface area (Å²) >= 11 is 1.42. The Hall–Kier alpha value is -1.93. The number of aliphatic hydroxyl groups excluding tert-OH is 1. The monoisotopic (exact) mass is 417 g/mol. The lowest BCUT2D eigenvalue weighted by atomic mass is 9.99. The number of aryl methyl sites for hydroxylation is 1. The normalized spacial score (nSPS) is 17.3. The van der Waals surface area contributed by atoms with Crippen LogP contribution in [0.3, 0.4) is 0 Å². The third-order valence-corrected chi connectivity index (χ3v) is 6.07. The lowest BCUT2D eigenvalue weighted by Gasteiger charge is -2.31. The largest absolute Gasteiger partial charge is 0.395 e. The first kappa shape index (κ1) is 21.8. The lowest BCUT2D eigenvalue weighted by molar-refractivity contribution is 0.0942. The van der Waals surface area contributed by atoms with E-state index in [1.54, 1.807) is 19.1 Å². The summed E-state index contributed by atoms with van der Waals surface area (Å²) in [6.45, 7) is 4.54. The first-order valence-electron chi connectivity index (χ1n) is 9.94. The molecule has 0 aliphatic carbocycles. The van der Waals surface area contributed by atoms with Crippen LogP contribution >= 0.6 is 11.9 Å². The summed E-state index contributed by atoms with van der Waals surface area (Å²) in [6, 6.07) is 13.0. The highest BCUT2D eigenvalue weighted by Gasteiger charge is 2.20. The second-order valence-electron chi connectivity index (χ2n) is 7.42. The standard InChI is InChI=1S/C22H28FN3O2S/c1-16-12-19(18-7-3-2-4-8-18)13-20(21(16)23)22(28)24-25-29-15-17-6-5-9-26(14-17)10-11-27/h2-4,7-8,12-13,17,25,27H,5-6,9-11,14-15H2,1H3,(H,24,28). The molecule has 7 heteroatoms. The zero-order valence-electron chi connectivity index (χ0n) is 16.7. The smallest absolute Gasteiger partial charge is 0.269 e. The van der Waals surface area contributed by atoms with Crippen molar-refractivity contribution in [2.75, 3.05) is 32.0 Å². The van der Waals surface area contributed by atoms with Crippen LogP contribution in [0.4, 0.5) is 4.39 Å². The zero-order chi connectivity index (χ0) is 20.6. The number of hydrogen-bond acceptors (Lipinski definition) is 5. The minimum absolute atomic E-state index is 0.0312. The van der Waals surface area contributed by atoms with E-state index in [2.05, 4.69) is 15.2 Å². The number of carbonyl (C=O) groups excluding carboxylic acids is 1. The summed E-state index contributed by atoms with van der Waals surface area (Å²) in [5.74, 6) is 0.362. The van der Waals surface area contributed by atoms with Gasteiger partial charge in [-0.3, -0.25) is 10.2 Å². The van der Waals surface area contributed by atoms with E-state index in [0.29, 0.717) is 18.0 Å². The number of aliphatic hydroxyl groups is 1. The van der Waals surface area contributed by atoms with Crippen LogP contribution in [0.2, 0.25) is 0 Å². The molecule has 5 nitrogen and oxygen atoms in total. The summed E-state index contributed by atoms with van der Waals surface area (Å²) in [7, 11) is 0. The number of halogens is 1. The minimum Gasteiger partial charge on any atom is -0.395 e. The number of piperidine rings is 1. The van der Waals surface area contributed by atoms with Crippen molar-refractivity contribution in [3.63, 3.8) is 0 Å². The van der Waals surface area contributed by atoms with Gasteiger partial charge in [-0.2, -0.15) is 4.83 Å². The fourth-order valence-corrected chi connectivity index (χ4v) is 4.43. The Labute approximate surface area is 175 Å². The quantitative estimate of drug-likeness (QED) is 0.349. The van der Waals surface area contributed by atoms with E-state index in [9.17, 15) is 9.18 Å². The van der Waals surface area contributed by atoms with Crippen LogP contribution in [0.1, 0.15) is 28.8 Å². The molecule has 3 N–H and O–H groups in total. The zero-order valence-corrected chi connectivity index (χ0v) is 17.5. The molecular formula is C22H28FN3O2S. The van der Waals surface area contributed by atoms with E-state index in [-0.39, 0.29) is 12.2 Å². The number of amides is 1. The van der Waals surface area contributed by atoms with E-state index in [4.69, 9.17) is 5.11 Å². The molecule has 1 fully saturated rings. The molecule has 2 aromatic carbocycles. The maximum absolute atomic E-state index is 14.5. The first-order chi connectivity index (χ1) is 14.1. The average molecular weight is 418 g/mol. The van der Waals surface area contributed by atoms with Crippen molar-refractivity contribution >= 4 is 17.9 Å². The molecule has 1 aliphatic rings. The van der Waals surface area contributed by atoms with Gasteiger partial charge in [0.05, 0.1) is 12.2 Å². The topological polar surface area (TPSA) is 64.6 Å². The molecule has 0 spiro atoms. The molecule has 1 unspecified atom stereocenters. The summed E-state index contributed by atoms with van der Waals surface area (Å²) < 4.78 is 14.5. The van der Waals surface area contributed by atoms with Crippen molar-refractivity contribution in [3.8, 4) is 11.1 Å². The van der Waals surface area contributed by atoms with Crippen molar-refractivity contribution in [2.24, 2.45) is 5.92 Å². The van der Waals surface area contributed by atoms with Gasteiger partial charge in [0.1, 0.15) is 5.82 Å². The van der Waals surface area contributed by atoms with Crippen LogP contribution < -0.4 is 10.3 Å². The van der Waals surface area contributed by atoms with Gasteiger partial charge in [-0.25, -0.2) is 4.39 Å². The first-order valence-corrected chi connectivity index (χ1v) is 10.9. The predicted molar refractivity (Wildman–Crippen MR) is 116 cm³/mol. The van der Waals surface area contributed by atoms with E-state index >= 15 is 0 Å². The Morgan fingerprint density at radius 3 is 2.83 bits per heavy atom. The van der Waals surface area contributed by atoms with Crippen LogP contribution in [0.25, 0.3) is 11.1 Å². The van der Waals surface area contributed by atoms with Crippen molar-refractivity contribution in [1.82, 2.24) is 15.2 Å². The molecule has 0 aromatic heterocycles. The van der Waals surface area contributed by atoms with Gasteiger partial charge < -0.3 is 10.0 Å². The van der Waals surface area contributed by atoms with E-state index in [1.807, 2.05) is 30.3 Å². The molecule has 1 aliphatic heterocycles. The number of likely N-dealkylation sites (tertiary alicyclic amines) is 1. The third-order valence-electron chi connectivity index (χ3n) is 5.18. The number of hydrazine groups is 1. The molecule has 156 valence electrons. The van der Waals surface area contributed by atoms with Crippen molar-refractivity contribution in [2.45, 2.75) is 19.8 Å².